The van der Waals surface area contributed by atoms with E-state index in [0.29, 0.717) is 0 Å². The summed E-state index contributed by atoms with van der Waals surface area (Å²) < 4.78 is 0.927. The zero-order chi connectivity index (χ0) is 14.4. The van der Waals surface area contributed by atoms with Crippen LogP contribution in [0.5, 0.6) is 0 Å². The lowest BCUT2D eigenvalue weighted by molar-refractivity contribution is -0.117. The molecule has 1 saturated carbocycles. The molecule has 1 aliphatic rings. The van der Waals surface area contributed by atoms with Crippen LogP contribution in [0.25, 0.3) is 6.08 Å². The molecule has 1 aliphatic carbocycles. The molecule has 20 heavy (non-hydrogen) atoms. The summed E-state index contributed by atoms with van der Waals surface area (Å²) in [5, 5.41) is 12.1. The predicted octanol–water partition coefficient (Wildman–Crippen LogP) is 3.80. The van der Waals surface area contributed by atoms with Crippen LogP contribution in [0, 0.1) is 11.3 Å². The number of nitrogens with one attached hydrogen (secondary N) is 1. The van der Waals surface area contributed by atoms with Gasteiger partial charge in [-0.15, -0.1) is 0 Å². The highest BCUT2D eigenvalue weighted by molar-refractivity contribution is 9.10. The van der Waals surface area contributed by atoms with Gasteiger partial charge in [0.2, 0.25) is 0 Å². The van der Waals surface area contributed by atoms with Gasteiger partial charge in [-0.05, 0) is 36.6 Å². The average molecular weight is 333 g/mol. The molecule has 0 heterocycles. The van der Waals surface area contributed by atoms with E-state index in [0.717, 1.165) is 35.7 Å². The molecule has 0 aliphatic heterocycles. The highest BCUT2D eigenvalue weighted by Gasteiger charge is 2.17. The van der Waals surface area contributed by atoms with Gasteiger partial charge in [-0.3, -0.25) is 4.79 Å². The van der Waals surface area contributed by atoms with Crippen LogP contribution in [0.4, 0.5) is 0 Å². The van der Waals surface area contributed by atoms with Gasteiger partial charge in [0.05, 0.1) is 0 Å². The maximum absolute atomic E-state index is 12.1. The van der Waals surface area contributed by atoms with Crippen LogP contribution in [0.15, 0.2) is 34.3 Å². The molecule has 0 unspecified atom stereocenters. The topological polar surface area (TPSA) is 52.9 Å². The number of hydrogen-bond acceptors (Lipinski definition) is 2. The Morgan fingerprint density at radius 2 is 2.10 bits per heavy atom. The van der Waals surface area contributed by atoms with E-state index in [9.17, 15) is 4.79 Å². The number of halogens is 1. The van der Waals surface area contributed by atoms with Crippen LogP contribution in [-0.2, 0) is 4.79 Å². The summed E-state index contributed by atoms with van der Waals surface area (Å²) >= 11 is 3.38. The average Bonchev–Trinajstić information content (AvgIpc) is 2.46. The van der Waals surface area contributed by atoms with Gasteiger partial charge in [-0.1, -0.05) is 47.3 Å². The number of rotatable bonds is 3. The van der Waals surface area contributed by atoms with Crippen molar-refractivity contribution >= 4 is 27.9 Å². The first-order valence-corrected chi connectivity index (χ1v) is 7.66. The molecular formula is C16H17BrN2O. The third-order valence-electron chi connectivity index (χ3n) is 3.47. The Labute approximate surface area is 127 Å². The Bertz CT molecular complexity index is 554. The van der Waals surface area contributed by atoms with Crippen LogP contribution in [0.1, 0.15) is 37.7 Å². The SMILES string of the molecule is N#C/C(=C\c1cccc(Br)c1)C(=O)NC1CCCCC1. The molecule has 0 bridgehead atoms. The molecule has 0 atom stereocenters. The third-order valence-corrected chi connectivity index (χ3v) is 3.96. The van der Waals surface area contributed by atoms with Crippen LogP contribution in [0.2, 0.25) is 0 Å². The maximum atomic E-state index is 12.1. The molecule has 0 spiro atoms. The molecule has 3 nitrogen and oxygen atoms in total. The number of benzene rings is 1. The second kappa shape index (κ2) is 7.25. The molecule has 1 N–H and O–H groups in total. The molecule has 0 radical (unpaired) electrons. The Kier molecular flexibility index (Phi) is 5.37. The molecule has 1 aromatic carbocycles. The number of amides is 1. The van der Waals surface area contributed by atoms with Gasteiger partial charge in [0, 0.05) is 10.5 Å². The number of nitrogens with zero attached hydrogens (tertiary/aromatic N) is 1. The molecule has 1 aromatic rings. The summed E-state index contributed by atoms with van der Waals surface area (Å²) in [5.74, 6) is -0.264. The second-order valence-corrected chi connectivity index (χ2v) is 5.95. The number of carbonyl (C=O) groups is 1. The quantitative estimate of drug-likeness (QED) is 0.676. The van der Waals surface area contributed by atoms with Crippen molar-refractivity contribution in [1.29, 1.82) is 5.26 Å². The van der Waals surface area contributed by atoms with Gasteiger partial charge in [-0.25, -0.2) is 0 Å². The predicted molar refractivity (Wildman–Crippen MR) is 82.7 cm³/mol. The van der Waals surface area contributed by atoms with Gasteiger partial charge in [0.25, 0.3) is 5.91 Å². The molecule has 1 fully saturated rings. The minimum atomic E-state index is -0.264. The van der Waals surface area contributed by atoms with Gasteiger partial charge in [0.15, 0.2) is 0 Å². The maximum Gasteiger partial charge on any atom is 0.262 e. The Morgan fingerprint density at radius 3 is 2.75 bits per heavy atom. The fraction of sp³-hybridized carbons (Fsp3) is 0.375. The summed E-state index contributed by atoms with van der Waals surface area (Å²) in [7, 11) is 0. The van der Waals surface area contributed by atoms with E-state index < -0.39 is 0 Å². The fourth-order valence-electron chi connectivity index (χ4n) is 2.42. The Balaban J connectivity index is 2.07. The summed E-state index contributed by atoms with van der Waals surface area (Å²) in [4.78, 5) is 12.1. The third kappa shape index (κ3) is 4.21. The standard InChI is InChI=1S/C16H17BrN2O/c17-14-6-4-5-12(10-14)9-13(11-18)16(20)19-15-7-2-1-3-8-15/h4-6,9-10,15H,1-3,7-8H2,(H,19,20)/b13-9+. The zero-order valence-corrected chi connectivity index (χ0v) is 12.8. The Hall–Kier alpha value is -1.60. The van der Waals surface area contributed by atoms with Crippen LogP contribution < -0.4 is 5.32 Å². The van der Waals surface area contributed by atoms with E-state index in [4.69, 9.17) is 5.26 Å². The molecule has 0 saturated heterocycles. The zero-order valence-electron chi connectivity index (χ0n) is 11.2. The first-order valence-electron chi connectivity index (χ1n) is 6.87. The molecular weight excluding hydrogens is 316 g/mol. The van der Waals surface area contributed by atoms with E-state index >= 15 is 0 Å². The van der Waals surface area contributed by atoms with E-state index in [1.165, 1.54) is 6.42 Å². The monoisotopic (exact) mass is 332 g/mol. The first-order chi connectivity index (χ1) is 9.69. The first kappa shape index (κ1) is 14.8. The summed E-state index contributed by atoms with van der Waals surface area (Å²) in [6, 6.07) is 9.75. The minimum absolute atomic E-state index is 0.161. The van der Waals surface area contributed by atoms with Crippen molar-refractivity contribution < 1.29 is 4.79 Å². The van der Waals surface area contributed by atoms with Gasteiger partial charge < -0.3 is 5.32 Å². The van der Waals surface area contributed by atoms with Crippen molar-refractivity contribution in [3.05, 3.63) is 39.9 Å². The summed E-state index contributed by atoms with van der Waals surface area (Å²) in [6.45, 7) is 0. The van der Waals surface area contributed by atoms with Crippen molar-refractivity contribution in [2.75, 3.05) is 0 Å². The van der Waals surface area contributed by atoms with Crippen molar-refractivity contribution in [2.45, 2.75) is 38.1 Å². The largest absolute Gasteiger partial charge is 0.349 e. The molecule has 1 amide bonds. The molecule has 2 rings (SSSR count). The van der Waals surface area contributed by atoms with E-state index in [2.05, 4.69) is 21.2 Å². The van der Waals surface area contributed by atoms with Crippen LogP contribution >= 0.6 is 15.9 Å². The van der Waals surface area contributed by atoms with Gasteiger partial charge in [0.1, 0.15) is 11.6 Å². The summed E-state index contributed by atoms with van der Waals surface area (Å²) in [6.07, 6.45) is 7.21. The summed E-state index contributed by atoms with van der Waals surface area (Å²) in [5.41, 5.74) is 1.00. The van der Waals surface area contributed by atoms with Gasteiger partial charge >= 0.3 is 0 Å². The van der Waals surface area contributed by atoms with Crippen molar-refractivity contribution in [2.24, 2.45) is 0 Å². The van der Waals surface area contributed by atoms with Crippen molar-refractivity contribution in [3.8, 4) is 6.07 Å². The number of hydrogen-bond donors (Lipinski definition) is 1. The van der Waals surface area contributed by atoms with Gasteiger partial charge in [-0.2, -0.15) is 5.26 Å². The lowest BCUT2D eigenvalue weighted by Gasteiger charge is -2.22. The van der Waals surface area contributed by atoms with Crippen molar-refractivity contribution in [3.63, 3.8) is 0 Å². The minimum Gasteiger partial charge on any atom is -0.349 e. The Morgan fingerprint density at radius 1 is 1.35 bits per heavy atom. The smallest absolute Gasteiger partial charge is 0.262 e. The fourth-order valence-corrected chi connectivity index (χ4v) is 2.84. The van der Waals surface area contributed by atoms with E-state index in [-0.39, 0.29) is 17.5 Å². The molecule has 104 valence electrons. The van der Waals surface area contributed by atoms with Crippen molar-refractivity contribution in [1.82, 2.24) is 5.32 Å². The number of carbonyl (C=O) groups excluding carboxylic acids is 1. The lowest BCUT2D eigenvalue weighted by Crippen LogP contribution is -2.36. The van der Waals surface area contributed by atoms with Crippen LogP contribution in [-0.4, -0.2) is 11.9 Å². The normalized spacial score (nSPS) is 16.5. The lowest BCUT2D eigenvalue weighted by atomic mass is 9.95. The van der Waals surface area contributed by atoms with Crippen LogP contribution in [0.3, 0.4) is 0 Å². The highest BCUT2D eigenvalue weighted by Crippen LogP contribution is 2.18. The molecule has 0 aromatic heterocycles. The van der Waals surface area contributed by atoms with E-state index in [1.807, 2.05) is 30.3 Å². The highest BCUT2D eigenvalue weighted by atomic mass is 79.9. The second-order valence-electron chi connectivity index (χ2n) is 5.03. The number of nitriles is 1. The molecule has 4 heteroatoms. The van der Waals surface area contributed by atoms with E-state index in [1.54, 1.807) is 6.08 Å².